The van der Waals surface area contributed by atoms with Gasteiger partial charge in [0.05, 0.1) is 0 Å². The zero-order valence-corrected chi connectivity index (χ0v) is 11.7. The molecule has 1 fully saturated rings. The molecule has 98 valence electrons. The van der Waals surface area contributed by atoms with E-state index in [9.17, 15) is 0 Å². The summed E-state index contributed by atoms with van der Waals surface area (Å²) in [4.78, 5) is 0. The summed E-state index contributed by atoms with van der Waals surface area (Å²) in [5, 5.41) is 0. The second-order valence-electron chi connectivity index (χ2n) is 5.73. The summed E-state index contributed by atoms with van der Waals surface area (Å²) in [6.45, 7) is 6.11. The molecule has 1 aromatic rings. The lowest BCUT2D eigenvalue weighted by atomic mass is 9.77. The molecule has 1 aromatic carbocycles. The minimum absolute atomic E-state index is 0.807. The van der Waals surface area contributed by atoms with Gasteiger partial charge in [0.2, 0.25) is 0 Å². The van der Waals surface area contributed by atoms with Gasteiger partial charge >= 0.3 is 0 Å². The standard InChI is InChI=1S/C18H26/c1-3-5-6-16-9-13-18(14-10-16)17-11-7-15(4-2)8-12-17/h4,7-8,11-12,16,18H,2-3,5-6,9-10,13-14H2,1H3. The number of hydrogen-bond acceptors (Lipinski definition) is 0. The van der Waals surface area contributed by atoms with E-state index in [4.69, 9.17) is 0 Å². The maximum absolute atomic E-state index is 3.81. The summed E-state index contributed by atoms with van der Waals surface area (Å²) in [6, 6.07) is 9.00. The highest BCUT2D eigenvalue weighted by atomic mass is 14.3. The topological polar surface area (TPSA) is 0 Å². The maximum Gasteiger partial charge on any atom is -0.0162 e. The summed E-state index contributed by atoms with van der Waals surface area (Å²) < 4.78 is 0. The Kier molecular flexibility index (Phi) is 5.04. The molecule has 0 aliphatic heterocycles. The Bertz CT molecular complexity index is 352. The minimum atomic E-state index is 0.807. The average molecular weight is 242 g/mol. The van der Waals surface area contributed by atoms with Crippen LogP contribution in [0.5, 0.6) is 0 Å². The lowest BCUT2D eigenvalue weighted by Crippen LogP contribution is -2.13. The Morgan fingerprint density at radius 3 is 2.33 bits per heavy atom. The molecule has 0 atom stereocenters. The van der Waals surface area contributed by atoms with E-state index in [-0.39, 0.29) is 0 Å². The SMILES string of the molecule is C=Cc1ccc(C2CCC(CCCC)CC2)cc1. The van der Waals surface area contributed by atoms with Crippen LogP contribution in [-0.2, 0) is 0 Å². The number of unbranched alkanes of at least 4 members (excludes halogenated alkanes) is 1. The van der Waals surface area contributed by atoms with Crippen molar-refractivity contribution in [1.82, 2.24) is 0 Å². The molecule has 0 radical (unpaired) electrons. The molecule has 0 unspecified atom stereocenters. The molecule has 0 nitrogen and oxygen atoms in total. The monoisotopic (exact) mass is 242 g/mol. The van der Waals surface area contributed by atoms with Gasteiger partial charge < -0.3 is 0 Å². The van der Waals surface area contributed by atoms with Gasteiger partial charge in [0.25, 0.3) is 0 Å². The van der Waals surface area contributed by atoms with Crippen LogP contribution in [-0.4, -0.2) is 0 Å². The molecule has 1 saturated carbocycles. The van der Waals surface area contributed by atoms with Crippen molar-refractivity contribution in [3.63, 3.8) is 0 Å². The fourth-order valence-electron chi connectivity index (χ4n) is 3.18. The van der Waals surface area contributed by atoms with Gasteiger partial charge in [0.1, 0.15) is 0 Å². The molecular weight excluding hydrogens is 216 g/mol. The van der Waals surface area contributed by atoms with E-state index in [2.05, 4.69) is 37.8 Å². The number of rotatable bonds is 5. The first-order valence-corrected chi connectivity index (χ1v) is 7.56. The summed E-state index contributed by atoms with van der Waals surface area (Å²) in [6.07, 6.45) is 11.8. The molecule has 0 saturated heterocycles. The molecule has 0 N–H and O–H groups in total. The normalized spacial score (nSPS) is 23.8. The Morgan fingerprint density at radius 2 is 1.78 bits per heavy atom. The smallest absolute Gasteiger partial charge is 0.0162 e. The molecule has 1 aliphatic rings. The molecule has 1 aliphatic carbocycles. The van der Waals surface area contributed by atoms with Gasteiger partial charge in [-0.05, 0) is 48.6 Å². The summed E-state index contributed by atoms with van der Waals surface area (Å²) in [7, 11) is 0. The van der Waals surface area contributed by atoms with Crippen LogP contribution in [0.3, 0.4) is 0 Å². The van der Waals surface area contributed by atoms with E-state index < -0.39 is 0 Å². The second kappa shape index (κ2) is 6.78. The fourth-order valence-corrected chi connectivity index (χ4v) is 3.18. The Balaban J connectivity index is 1.86. The lowest BCUT2D eigenvalue weighted by Gasteiger charge is -2.28. The first-order chi connectivity index (χ1) is 8.83. The van der Waals surface area contributed by atoms with Crippen LogP contribution in [0, 0.1) is 5.92 Å². The first-order valence-electron chi connectivity index (χ1n) is 7.56. The molecular formula is C18H26. The lowest BCUT2D eigenvalue weighted by molar-refractivity contribution is 0.304. The van der Waals surface area contributed by atoms with Crippen molar-refractivity contribution in [2.45, 2.75) is 57.8 Å². The zero-order chi connectivity index (χ0) is 12.8. The van der Waals surface area contributed by atoms with Crippen molar-refractivity contribution in [1.29, 1.82) is 0 Å². The van der Waals surface area contributed by atoms with E-state index in [1.165, 1.54) is 56.1 Å². The van der Waals surface area contributed by atoms with E-state index in [1.54, 1.807) is 0 Å². The molecule has 0 heteroatoms. The molecule has 0 spiro atoms. The van der Waals surface area contributed by atoms with Gasteiger partial charge in [0, 0.05) is 0 Å². The van der Waals surface area contributed by atoms with Crippen LogP contribution in [0.2, 0.25) is 0 Å². The van der Waals surface area contributed by atoms with Gasteiger partial charge in [-0.2, -0.15) is 0 Å². The second-order valence-corrected chi connectivity index (χ2v) is 5.73. The van der Waals surface area contributed by atoms with Crippen LogP contribution in [0.1, 0.15) is 68.9 Å². The van der Waals surface area contributed by atoms with E-state index >= 15 is 0 Å². The summed E-state index contributed by atoms with van der Waals surface area (Å²) >= 11 is 0. The Morgan fingerprint density at radius 1 is 1.11 bits per heavy atom. The van der Waals surface area contributed by atoms with Gasteiger partial charge in [-0.3, -0.25) is 0 Å². The molecule has 18 heavy (non-hydrogen) atoms. The van der Waals surface area contributed by atoms with Crippen LogP contribution in [0.4, 0.5) is 0 Å². The van der Waals surface area contributed by atoms with Gasteiger partial charge in [0.15, 0.2) is 0 Å². The highest BCUT2D eigenvalue weighted by Crippen LogP contribution is 2.37. The minimum Gasteiger partial charge on any atom is -0.0985 e. The first kappa shape index (κ1) is 13.4. The van der Waals surface area contributed by atoms with Crippen molar-refractivity contribution in [3.05, 3.63) is 42.0 Å². The van der Waals surface area contributed by atoms with Gasteiger partial charge in [-0.1, -0.05) is 63.1 Å². The van der Waals surface area contributed by atoms with Crippen molar-refractivity contribution >= 4 is 6.08 Å². The van der Waals surface area contributed by atoms with Crippen molar-refractivity contribution in [2.75, 3.05) is 0 Å². The van der Waals surface area contributed by atoms with Crippen LogP contribution < -0.4 is 0 Å². The third-order valence-corrected chi connectivity index (χ3v) is 4.46. The van der Waals surface area contributed by atoms with Crippen molar-refractivity contribution < 1.29 is 0 Å². The third kappa shape index (κ3) is 3.48. The van der Waals surface area contributed by atoms with E-state index in [0.717, 1.165) is 11.8 Å². The maximum atomic E-state index is 3.81. The average Bonchev–Trinajstić information content (AvgIpc) is 2.46. The predicted octanol–water partition coefficient (Wildman–Crippen LogP) is 5.79. The van der Waals surface area contributed by atoms with Gasteiger partial charge in [-0.15, -0.1) is 0 Å². The van der Waals surface area contributed by atoms with Gasteiger partial charge in [-0.25, -0.2) is 0 Å². The van der Waals surface area contributed by atoms with Crippen molar-refractivity contribution in [2.24, 2.45) is 5.92 Å². The van der Waals surface area contributed by atoms with E-state index in [0.29, 0.717) is 0 Å². The number of hydrogen-bond donors (Lipinski definition) is 0. The van der Waals surface area contributed by atoms with Crippen LogP contribution in [0.25, 0.3) is 6.08 Å². The largest absolute Gasteiger partial charge is 0.0985 e. The fraction of sp³-hybridized carbons (Fsp3) is 0.556. The molecule has 0 aromatic heterocycles. The molecule has 0 amide bonds. The third-order valence-electron chi connectivity index (χ3n) is 4.46. The molecule has 0 bridgehead atoms. The Labute approximate surface area is 112 Å². The van der Waals surface area contributed by atoms with Crippen LogP contribution >= 0.6 is 0 Å². The van der Waals surface area contributed by atoms with E-state index in [1.807, 2.05) is 6.08 Å². The van der Waals surface area contributed by atoms with Crippen molar-refractivity contribution in [3.8, 4) is 0 Å². The zero-order valence-electron chi connectivity index (χ0n) is 11.7. The number of benzene rings is 1. The predicted molar refractivity (Wildman–Crippen MR) is 80.8 cm³/mol. The highest BCUT2D eigenvalue weighted by molar-refractivity contribution is 5.47. The summed E-state index contributed by atoms with van der Waals surface area (Å²) in [5.41, 5.74) is 2.77. The molecule has 2 rings (SSSR count). The Hall–Kier alpha value is -1.04. The highest BCUT2D eigenvalue weighted by Gasteiger charge is 2.21. The summed E-state index contributed by atoms with van der Waals surface area (Å²) in [5.74, 6) is 1.82. The quantitative estimate of drug-likeness (QED) is 0.612. The van der Waals surface area contributed by atoms with Crippen LogP contribution in [0.15, 0.2) is 30.8 Å². The molecule has 0 heterocycles.